The van der Waals surface area contributed by atoms with Crippen molar-refractivity contribution >= 4 is 5.97 Å². The Bertz CT molecular complexity index is 439. The van der Waals surface area contributed by atoms with Crippen LogP contribution in [0, 0.1) is 0 Å². The van der Waals surface area contributed by atoms with Crippen molar-refractivity contribution in [1.82, 2.24) is 0 Å². The summed E-state index contributed by atoms with van der Waals surface area (Å²) in [6, 6.07) is 5.18. The van der Waals surface area contributed by atoms with E-state index in [4.69, 9.17) is 13.6 Å². The van der Waals surface area contributed by atoms with E-state index in [2.05, 4.69) is 0 Å². The summed E-state index contributed by atoms with van der Waals surface area (Å²) in [5.41, 5.74) is 0.610. The van der Waals surface area contributed by atoms with Gasteiger partial charge in [-0.1, -0.05) is 0 Å². The van der Waals surface area contributed by atoms with Crippen LogP contribution in [0.15, 0.2) is 39.6 Å². The third-order valence-electron chi connectivity index (χ3n) is 1.91. The third-order valence-corrected chi connectivity index (χ3v) is 1.91. The van der Waals surface area contributed by atoms with Gasteiger partial charge in [0.05, 0.1) is 24.7 Å². The van der Waals surface area contributed by atoms with Crippen LogP contribution in [0.1, 0.15) is 17.5 Å². The maximum absolute atomic E-state index is 11.5. The maximum Gasteiger partial charge on any atom is 0.374 e. The van der Waals surface area contributed by atoms with E-state index in [0.29, 0.717) is 17.9 Å². The molecule has 0 amide bonds. The Labute approximate surface area is 86.4 Å². The zero-order valence-corrected chi connectivity index (χ0v) is 8.23. The second kappa shape index (κ2) is 4.04. The minimum Gasteiger partial charge on any atom is -0.464 e. The largest absolute Gasteiger partial charge is 0.464 e. The molecule has 0 N–H and O–H groups in total. The number of rotatable bonds is 3. The highest BCUT2D eigenvalue weighted by molar-refractivity contribution is 5.93. The summed E-state index contributed by atoms with van der Waals surface area (Å²) in [4.78, 5) is 11.5. The number of hydrogen-bond donors (Lipinski definition) is 0. The van der Waals surface area contributed by atoms with Crippen molar-refractivity contribution in [2.45, 2.75) is 6.92 Å². The van der Waals surface area contributed by atoms with E-state index in [0.717, 1.165) is 0 Å². The fourth-order valence-electron chi connectivity index (χ4n) is 1.29. The van der Waals surface area contributed by atoms with Gasteiger partial charge in [0.25, 0.3) is 0 Å². The fourth-order valence-corrected chi connectivity index (χ4v) is 1.29. The molecule has 0 radical (unpaired) electrons. The predicted molar refractivity (Wildman–Crippen MR) is 52.4 cm³/mol. The summed E-state index contributed by atoms with van der Waals surface area (Å²) in [6.45, 7) is 2.06. The third kappa shape index (κ3) is 1.79. The fraction of sp³-hybridized carbons (Fsp3) is 0.182. The molecule has 2 rings (SSSR count). The molecule has 0 aromatic carbocycles. The quantitative estimate of drug-likeness (QED) is 0.724. The maximum atomic E-state index is 11.5. The van der Waals surface area contributed by atoms with Gasteiger partial charge >= 0.3 is 5.97 Å². The smallest absolute Gasteiger partial charge is 0.374 e. The molecule has 0 saturated heterocycles. The van der Waals surface area contributed by atoms with Gasteiger partial charge in [0.1, 0.15) is 5.76 Å². The molecule has 0 atom stereocenters. The van der Waals surface area contributed by atoms with Crippen LogP contribution in [0.5, 0.6) is 0 Å². The molecule has 0 fully saturated rings. The van der Waals surface area contributed by atoms with Crippen molar-refractivity contribution in [2.75, 3.05) is 6.61 Å². The lowest BCUT2D eigenvalue weighted by Crippen LogP contribution is -2.04. The minimum absolute atomic E-state index is 0.173. The van der Waals surface area contributed by atoms with Crippen molar-refractivity contribution in [3.8, 4) is 11.3 Å². The lowest BCUT2D eigenvalue weighted by Gasteiger charge is -1.99. The van der Waals surface area contributed by atoms with E-state index in [-0.39, 0.29) is 5.76 Å². The van der Waals surface area contributed by atoms with Crippen LogP contribution in [0.25, 0.3) is 11.3 Å². The summed E-state index contributed by atoms with van der Waals surface area (Å²) in [7, 11) is 0. The standard InChI is InChI=1S/C11H10O4/c1-2-13-11(12)10-8(5-7-15-10)9-4-3-6-14-9/h3-7H,2H2,1H3. The summed E-state index contributed by atoms with van der Waals surface area (Å²) in [5, 5.41) is 0. The first-order valence-corrected chi connectivity index (χ1v) is 4.61. The molecule has 2 aromatic heterocycles. The van der Waals surface area contributed by atoms with Crippen LogP contribution >= 0.6 is 0 Å². The molecule has 2 heterocycles. The first-order chi connectivity index (χ1) is 7.33. The summed E-state index contributed by atoms with van der Waals surface area (Å²) in [6.07, 6.45) is 2.97. The van der Waals surface area contributed by atoms with Crippen LogP contribution in [0.2, 0.25) is 0 Å². The zero-order chi connectivity index (χ0) is 10.7. The molecule has 0 saturated carbocycles. The van der Waals surface area contributed by atoms with E-state index in [1.165, 1.54) is 12.5 Å². The van der Waals surface area contributed by atoms with Crippen LogP contribution in [0.3, 0.4) is 0 Å². The summed E-state index contributed by atoms with van der Waals surface area (Å²) >= 11 is 0. The Morgan fingerprint density at radius 2 is 2.20 bits per heavy atom. The van der Waals surface area contributed by atoms with E-state index < -0.39 is 5.97 Å². The van der Waals surface area contributed by atoms with Crippen LogP contribution in [-0.2, 0) is 4.74 Å². The molecule has 4 heteroatoms. The predicted octanol–water partition coefficient (Wildman–Crippen LogP) is 2.72. The Morgan fingerprint density at radius 1 is 1.33 bits per heavy atom. The average Bonchev–Trinajstić information content (AvgIpc) is 2.88. The van der Waals surface area contributed by atoms with Crippen molar-refractivity contribution in [3.63, 3.8) is 0 Å². The van der Waals surface area contributed by atoms with Crippen LogP contribution in [-0.4, -0.2) is 12.6 Å². The number of carbonyl (C=O) groups is 1. The molecule has 0 aliphatic carbocycles. The SMILES string of the molecule is CCOC(=O)c1occc1-c1ccco1. The van der Waals surface area contributed by atoms with Crippen LogP contribution in [0.4, 0.5) is 0 Å². The molecule has 0 aliphatic rings. The molecule has 78 valence electrons. The Balaban J connectivity index is 2.34. The summed E-state index contributed by atoms with van der Waals surface area (Å²) in [5.74, 6) is 0.285. The van der Waals surface area contributed by atoms with Gasteiger partial charge in [-0.25, -0.2) is 4.79 Å². The van der Waals surface area contributed by atoms with Crippen molar-refractivity contribution in [1.29, 1.82) is 0 Å². The van der Waals surface area contributed by atoms with Gasteiger partial charge in [0, 0.05) is 0 Å². The molecule has 0 unspecified atom stereocenters. The number of furan rings is 2. The van der Waals surface area contributed by atoms with E-state index >= 15 is 0 Å². The molecule has 0 aliphatic heterocycles. The monoisotopic (exact) mass is 206 g/mol. The molecule has 0 bridgehead atoms. The van der Waals surface area contributed by atoms with Gasteiger partial charge in [-0.2, -0.15) is 0 Å². The molecule has 2 aromatic rings. The normalized spacial score (nSPS) is 10.2. The zero-order valence-electron chi connectivity index (χ0n) is 8.23. The first-order valence-electron chi connectivity index (χ1n) is 4.61. The number of ether oxygens (including phenoxy) is 1. The number of hydrogen-bond acceptors (Lipinski definition) is 4. The van der Waals surface area contributed by atoms with E-state index in [1.54, 1.807) is 25.1 Å². The molecular formula is C11H10O4. The Morgan fingerprint density at radius 3 is 2.87 bits per heavy atom. The highest BCUT2D eigenvalue weighted by atomic mass is 16.5. The highest BCUT2D eigenvalue weighted by Gasteiger charge is 2.19. The van der Waals surface area contributed by atoms with Gasteiger partial charge < -0.3 is 13.6 Å². The Kier molecular flexibility index (Phi) is 2.58. The highest BCUT2D eigenvalue weighted by Crippen LogP contribution is 2.25. The molecule has 0 spiro atoms. The number of esters is 1. The second-order valence-electron chi connectivity index (χ2n) is 2.86. The molecule has 15 heavy (non-hydrogen) atoms. The van der Waals surface area contributed by atoms with Crippen molar-refractivity contribution in [2.24, 2.45) is 0 Å². The van der Waals surface area contributed by atoms with Crippen LogP contribution < -0.4 is 0 Å². The molecule has 4 nitrogen and oxygen atoms in total. The van der Waals surface area contributed by atoms with Gasteiger partial charge in [-0.3, -0.25) is 0 Å². The van der Waals surface area contributed by atoms with E-state index in [9.17, 15) is 4.79 Å². The lowest BCUT2D eigenvalue weighted by atomic mass is 10.2. The molecular weight excluding hydrogens is 196 g/mol. The number of carbonyl (C=O) groups excluding carboxylic acids is 1. The van der Waals surface area contributed by atoms with Gasteiger partial charge in [-0.15, -0.1) is 0 Å². The lowest BCUT2D eigenvalue weighted by molar-refractivity contribution is 0.0491. The topological polar surface area (TPSA) is 52.6 Å². The first kappa shape index (κ1) is 9.58. The van der Waals surface area contributed by atoms with Gasteiger partial charge in [0.2, 0.25) is 5.76 Å². The van der Waals surface area contributed by atoms with Gasteiger partial charge in [0.15, 0.2) is 0 Å². The second-order valence-corrected chi connectivity index (χ2v) is 2.86. The van der Waals surface area contributed by atoms with E-state index in [1.807, 2.05) is 0 Å². The van der Waals surface area contributed by atoms with Gasteiger partial charge in [-0.05, 0) is 25.1 Å². The minimum atomic E-state index is -0.478. The van der Waals surface area contributed by atoms with Crippen molar-refractivity contribution < 1.29 is 18.4 Å². The van der Waals surface area contributed by atoms with Crippen molar-refractivity contribution in [3.05, 3.63) is 36.5 Å². The average molecular weight is 206 g/mol. The Hall–Kier alpha value is -1.97. The summed E-state index contributed by atoms with van der Waals surface area (Å²) < 4.78 is 15.1.